The number of esters is 1. The first kappa shape index (κ1) is 13.0. The zero-order chi connectivity index (χ0) is 13.0. The molecule has 5 heteroatoms. The molecule has 1 amide bonds. The molecule has 4 nitrogen and oxygen atoms in total. The predicted molar refractivity (Wildman–Crippen MR) is 70.3 cm³/mol. The van der Waals surface area contributed by atoms with Crippen LogP contribution in [0, 0.1) is 0 Å². The number of amides is 1. The molecule has 1 saturated heterocycles. The zero-order valence-corrected chi connectivity index (χ0v) is 11.0. The van der Waals surface area contributed by atoms with E-state index in [9.17, 15) is 9.59 Å². The van der Waals surface area contributed by atoms with E-state index in [-0.39, 0.29) is 11.2 Å². The molecule has 1 aromatic rings. The highest BCUT2D eigenvalue weighted by molar-refractivity contribution is 8.13. The van der Waals surface area contributed by atoms with Crippen molar-refractivity contribution in [3.63, 3.8) is 0 Å². The Morgan fingerprint density at radius 2 is 2.17 bits per heavy atom. The first-order chi connectivity index (χ1) is 8.72. The highest BCUT2D eigenvalue weighted by atomic mass is 32.2. The van der Waals surface area contributed by atoms with Crippen molar-refractivity contribution >= 4 is 23.0 Å². The summed E-state index contributed by atoms with van der Waals surface area (Å²) in [4.78, 5) is 25.1. The van der Waals surface area contributed by atoms with E-state index in [4.69, 9.17) is 4.74 Å². The number of nitrogens with zero attached hydrogens (tertiary/aromatic N) is 1. The van der Waals surface area contributed by atoms with Crippen LogP contribution in [-0.4, -0.2) is 34.5 Å². The third kappa shape index (κ3) is 2.85. The summed E-state index contributed by atoms with van der Waals surface area (Å²) in [5, 5.41) is -0.0584. The van der Waals surface area contributed by atoms with Gasteiger partial charge in [0, 0.05) is 12.3 Å². The van der Waals surface area contributed by atoms with Gasteiger partial charge in [-0.3, -0.25) is 4.79 Å². The van der Waals surface area contributed by atoms with Gasteiger partial charge in [0.15, 0.2) is 0 Å². The average Bonchev–Trinajstić information content (AvgIpc) is 2.73. The molecular weight excluding hydrogens is 250 g/mol. The molecule has 1 heterocycles. The van der Waals surface area contributed by atoms with E-state index in [1.54, 1.807) is 11.8 Å². The molecule has 1 aromatic carbocycles. The Morgan fingerprint density at radius 3 is 2.83 bits per heavy atom. The van der Waals surface area contributed by atoms with Gasteiger partial charge in [0.25, 0.3) is 5.24 Å². The van der Waals surface area contributed by atoms with E-state index in [0.717, 1.165) is 5.56 Å². The summed E-state index contributed by atoms with van der Waals surface area (Å²) < 4.78 is 5.00. The summed E-state index contributed by atoms with van der Waals surface area (Å²) in [6, 6.07) is 9.19. The fourth-order valence-corrected chi connectivity index (χ4v) is 2.81. The van der Waals surface area contributed by atoms with Gasteiger partial charge >= 0.3 is 5.97 Å². The molecule has 0 saturated carbocycles. The Balaban J connectivity index is 2.08. The van der Waals surface area contributed by atoms with E-state index in [2.05, 4.69) is 0 Å². The van der Waals surface area contributed by atoms with Gasteiger partial charge in [0.05, 0.1) is 6.61 Å². The lowest BCUT2D eigenvalue weighted by Crippen LogP contribution is -2.40. The second kappa shape index (κ2) is 5.91. The number of thioether (sulfide) groups is 1. The monoisotopic (exact) mass is 265 g/mol. The van der Waals surface area contributed by atoms with Crippen molar-refractivity contribution in [2.24, 2.45) is 0 Å². The summed E-state index contributed by atoms with van der Waals surface area (Å²) in [6.07, 6.45) is 0. The summed E-state index contributed by atoms with van der Waals surface area (Å²) >= 11 is 1.17. The number of hydrogen-bond donors (Lipinski definition) is 0. The fraction of sp³-hybridized carbons (Fsp3) is 0.385. The fourth-order valence-electron chi connectivity index (χ4n) is 1.84. The third-order valence-electron chi connectivity index (χ3n) is 2.73. The molecule has 1 aliphatic heterocycles. The Morgan fingerprint density at radius 1 is 1.44 bits per heavy atom. The number of carbonyl (C=O) groups is 2. The van der Waals surface area contributed by atoms with Gasteiger partial charge in [-0.1, -0.05) is 42.1 Å². The van der Waals surface area contributed by atoms with Gasteiger partial charge < -0.3 is 9.64 Å². The van der Waals surface area contributed by atoms with Gasteiger partial charge in [0.2, 0.25) is 0 Å². The molecule has 0 unspecified atom stereocenters. The Labute approximate surface area is 110 Å². The molecule has 0 bridgehead atoms. The number of ether oxygens (including phenoxy) is 1. The van der Waals surface area contributed by atoms with Crippen molar-refractivity contribution in [3.8, 4) is 0 Å². The van der Waals surface area contributed by atoms with Crippen LogP contribution >= 0.6 is 11.8 Å². The van der Waals surface area contributed by atoms with Crippen molar-refractivity contribution in [2.45, 2.75) is 19.5 Å². The zero-order valence-electron chi connectivity index (χ0n) is 10.2. The van der Waals surface area contributed by atoms with Crippen LogP contribution in [0.1, 0.15) is 12.5 Å². The van der Waals surface area contributed by atoms with E-state index in [1.807, 2.05) is 30.3 Å². The van der Waals surface area contributed by atoms with E-state index in [0.29, 0.717) is 18.9 Å². The number of hydrogen-bond acceptors (Lipinski definition) is 4. The highest BCUT2D eigenvalue weighted by Gasteiger charge is 2.37. The van der Waals surface area contributed by atoms with Crippen LogP contribution in [0.5, 0.6) is 0 Å². The average molecular weight is 265 g/mol. The molecule has 0 spiro atoms. The summed E-state index contributed by atoms with van der Waals surface area (Å²) in [6.45, 7) is 2.56. The largest absolute Gasteiger partial charge is 0.464 e. The van der Waals surface area contributed by atoms with Gasteiger partial charge in [-0.05, 0) is 12.5 Å². The van der Waals surface area contributed by atoms with Crippen molar-refractivity contribution in [1.29, 1.82) is 0 Å². The molecule has 0 N–H and O–H groups in total. The standard InChI is InChI=1S/C13H15NO3S/c1-2-17-12(15)11-9-18-13(16)14(11)8-10-6-4-3-5-7-10/h3-7,11H,2,8-9H2,1H3/t11-/m0/s1. The van der Waals surface area contributed by atoms with Crippen molar-refractivity contribution < 1.29 is 14.3 Å². The van der Waals surface area contributed by atoms with Gasteiger partial charge in [-0.15, -0.1) is 0 Å². The Kier molecular flexibility index (Phi) is 4.25. The van der Waals surface area contributed by atoms with E-state index >= 15 is 0 Å². The van der Waals surface area contributed by atoms with E-state index < -0.39 is 6.04 Å². The molecule has 0 aromatic heterocycles. The molecule has 0 aliphatic carbocycles. The number of benzene rings is 1. The predicted octanol–water partition coefficient (Wildman–Crippen LogP) is 2.29. The first-order valence-electron chi connectivity index (χ1n) is 5.86. The minimum Gasteiger partial charge on any atom is -0.464 e. The molecule has 1 aliphatic rings. The molecule has 2 rings (SSSR count). The maximum Gasteiger partial charge on any atom is 0.329 e. The van der Waals surface area contributed by atoms with Crippen LogP contribution in [0.2, 0.25) is 0 Å². The van der Waals surface area contributed by atoms with E-state index in [1.165, 1.54) is 11.8 Å². The number of rotatable bonds is 4. The van der Waals surface area contributed by atoms with Gasteiger partial charge in [0.1, 0.15) is 6.04 Å². The Bertz CT molecular complexity index is 435. The molecule has 1 atom stereocenters. The first-order valence-corrected chi connectivity index (χ1v) is 6.85. The smallest absolute Gasteiger partial charge is 0.329 e. The van der Waals surface area contributed by atoms with Crippen LogP contribution in [0.15, 0.2) is 30.3 Å². The SMILES string of the molecule is CCOC(=O)[C@@H]1CSC(=O)N1Cc1ccccc1. The lowest BCUT2D eigenvalue weighted by atomic mass is 10.2. The quantitative estimate of drug-likeness (QED) is 0.784. The minimum atomic E-state index is -0.456. The Hall–Kier alpha value is -1.49. The van der Waals surface area contributed by atoms with Crippen LogP contribution < -0.4 is 0 Å². The molecule has 0 radical (unpaired) electrons. The van der Waals surface area contributed by atoms with Crippen LogP contribution in [0.25, 0.3) is 0 Å². The van der Waals surface area contributed by atoms with Crippen LogP contribution in [0.3, 0.4) is 0 Å². The minimum absolute atomic E-state index is 0.0584. The lowest BCUT2D eigenvalue weighted by molar-refractivity contribution is -0.147. The van der Waals surface area contributed by atoms with Crippen molar-refractivity contribution in [1.82, 2.24) is 4.90 Å². The third-order valence-corrected chi connectivity index (χ3v) is 3.69. The summed E-state index contributed by atoms with van der Waals surface area (Å²) in [7, 11) is 0. The number of carbonyl (C=O) groups excluding carboxylic acids is 2. The van der Waals surface area contributed by atoms with Crippen molar-refractivity contribution in [2.75, 3.05) is 12.4 Å². The van der Waals surface area contributed by atoms with Crippen LogP contribution in [0.4, 0.5) is 4.79 Å². The second-order valence-electron chi connectivity index (χ2n) is 3.96. The molecule has 1 fully saturated rings. The lowest BCUT2D eigenvalue weighted by Gasteiger charge is -2.22. The van der Waals surface area contributed by atoms with Gasteiger partial charge in [-0.25, -0.2) is 4.79 Å². The summed E-state index contributed by atoms with van der Waals surface area (Å²) in [5.74, 6) is 0.164. The molecule has 18 heavy (non-hydrogen) atoms. The highest BCUT2D eigenvalue weighted by Crippen LogP contribution is 2.26. The maximum atomic E-state index is 11.8. The summed E-state index contributed by atoms with van der Waals surface area (Å²) in [5.41, 5.74) is 1.02. The van der Waals surface area contributed by atoms with Gasteiger partial charge in [-0.2, -0.15) is 0 Å². The maximum absolute atomic E-state index is 11.8. The topological polar surface area (TPSA) is 46.6 Å². The van der Waals surface area contributed by atoms with Crippen LogP contribution in [-0.2, 0) is 16.1 Å². The second-order valence-corrected chi connectivity index (χ2v) is 4.93. The molecular formula is C13H15NO3S. The normalized spacial score (nSPS) is 19.1. The molecule has 96 valence electrons. The van der Waals surface area contributed by atoms with Crippen molar-refractivity contribution in [3.05, 3.63) is 35.9 Å².